The van der Waals surface area contributed by atoms with Crippen LogP contribution in [0.1, 0.15) is 16.9 Å². The molecule has 2 N–H and O–H groups in total. The minimum absolute atomic E-state index is 0.127. The predicted octanol–water partition coefficient (Wildman–Crippen LogP) is 1.51. The van der Waals surface area contributed by atoms with Crippen molar-refractivity contribution >= 4 is 24.4 Å². The number of anilines is 1. The maximum absolute atomic E-state index is 11.0. The fourth-order valence-electron chi connectivity index (χ4n) is 2.28. The van der Waals surface area contributed by atoms with Crippen LogP contribution in [0, 0.1) is 10.1 Å². The molecule has 23 heavy (non-hydrogen) atoms. The van der Waals surface area contributed by atoms with Gasteiger partial charge in [-0.3, -0.25) is 4.57 Å². The van der Waals surface area contributed by atoms with Gasteiger partial charge >= 0.3 is 5.82 Å². The Hall–Kier alpha value is -2.88. The number of imidazole rings is 1. The maximum atomic E-state index is 11.0. The Morgan fingerprint density at radius 2 is 1.96 bits per heavy atom. The molecule has 0 amide bonds. The second-order valence-corrected chi connectivity index (χ2v) is 5.30. The van der Waals surface area contributed by atoms with E-state index in [0.29, 0.717) is 11.6 Å². The molecule has 0 saturated carbocycles. The summed E-state index contributed by atoms with van der Waals surface area (Å²) in [7, 11) is 1.55. The maximum Gasteiger partial charge on any atom is 0.342 e. The quantitative estimate of drug-likeness (QED) is 0.425. The summed E-state index contributed by atoms with van der Waals surface area (Å²) >= 11 is 4.51. The molecule has 0 saturated heterocycles. The van der Waals surface area contributed by atoms with Gasteiger partial charge in [0.1, 0.15) is 11.4 Å². The van der Waals surface area contributed by atoms with Gasteiger partial charge in [0.2, 0.25) is 11.8 Å². The van der Waals surface area contributed by atoms with Crippen molar-refractivity contribution in [3.05, 3.63) is 58.3 Å². The smallest absolute Gasteiger partial charge is 0.342 e. The van der Waals surface area contributed by atoms with E-state index in [2.05, 4.69) is 27.8 Å². The number of para-hydroxylation sites is 1. The molecule has 0 aliphatic heterocycles. The molecule has 0 bridgehead atoms. The molecule has 118 valence electrons. The van der Waals surface area contributed by atoms with Crippen molar-refractivity contribution in [1.29, 1.82) is 0 Å². The summed E-state index contributed by atoms with van der Waals surface area (Å²) in [6.07, 6.45) is 1.19. The number of benzene rings is 1. The second-order valence-electron chi connectivity index (χ2n) is 4.78. The van der Waals surface area contributed by atoms with E-state index < -0.39 is 10.2 Å². The fourth-order valence-corrected chi connectivity index (χ4v) is 2.69. The molecule has 0 aliphatic carbocycles. The molecule has 2 aromatic heterocycles. The van der Waals surface area contributed by atoms with Crippen LogP contribution in [0.5, 0.6) is 0 Å². The number of nitrogens with zero attached hydrogens (tertiary/aromatic N) is 6. The Kier molecular flexibility index (Phi) is 3.74. The number of hydrogen-bond donors (Lipinski definition) is 2. The molecular weight excluding hydrogens is 318 g/mol. The van der Waals surface area contributed by atoms with E-state index in [1.165, 1.54) is 10.8 Å². The Balaban J connectivity index is 2.08. The van der Waals surface area contributed by atoms with E-state index >= 15 is 0 Å². The minimum Gasteiger partial charge on any atom is -0.368 e. The summed E-state index contributed by atoms with van der Waals surface area (Å²) in [5.41, 5.74) is 6.67. The van der Waals surface area contributed by atoms with Gasteiger partial charge in [-0.05, 0) is 17.1 Å². The molecule has 10 heteroatoms. The van der Waals surface area contributed by atoms with E-state index in [1.54, 1.807) is 11.6 Å². The first-order valence-electron chi connectivity index (χ1n) is 6.61. The summed E-state index contributed by atoms with van der Waals surface area (Å²) in [6, 6.07) is 9.30. The van der Waals surface area contributed by atoms with Gasteiger partial charge in [-0.2, -0.15) is 12.6 Å². The van der Waals surface area contributed by atoms with Crippen LogP contribution in [0.2, 0.25) is 0 Å². The van der Waals surface area contributed by atoms with Gasteiger partial charge in [0.25, 0.3) is 0 Å². The molecule has 3 aromatic rings. The number of nitro groups is 1. The van der Waals surface area contributed by atoms with Crippen LogP contribution >= 0.6 is 12.6 Å². The Morgan fingerprint density at radius 3 is 2.57 bits per heavy atom. The van der Waals surface area contributed by atoms with Crippen molar-refractivity contribution in [3.63, 3.8) is 0 Å². The summed E-state index contributed by atoms with van der Waals surface area (Å²) in [5, 5.41) is 18.3. The standard InChI is InChI=1S/C13H13N7O2S/c1-18-9(20(21)22)7-15-11(18)10(23)12-16-17-13(14)19(12)8-5-3-2-4-6-8/h2-7,10,23H,1H3,(H2,14,17). The highest BCUT2D eigenvalue weighted by Gasteiger charge is 2.28. The lowest BCUT2D eigenvalue weighted by Gasteiger charge is -2.11. The van der Waals surface area contributed by atoms with Crippen LogP contribution in [-0.2, 0) is 7.05 Å². The lowest BCUT2D eigenvalue weighted by atomic mass is 10.3. The van der Waals surface area contributed by atoms with Crippen LogP contribution in [0.15, 0.2) is 36.5 Å². The van der Waals surface area contributed by atoms with E-state index in [9.17, 15) is 10.1 Å². The number of nitrogen functional groups attached to an aromatic ring is 1. The molecule has 3 rings (SSSR count). The molecule has 0 radical (unpaired) electrons. The highest BCUT2D eigenvalue weighted by Crippen LogP contribution is 2.30. The van der Waals surface area contributed by atoms with Crippen LogP contribution in [0.3, 0.4) is 0 Å². The molecule has 0 fully saturated rings. The van der Waals surface area contributed by atoms with Gasteiger partial charge in [-0.25, -0.2) is 9.55 Å². The van der Waals surface area contributed by atoms with E-state index in [1.807, 2.05) is 30.3 Å². The van der Waals surface area contributed by atoms with Crippen molar-refractivity contribution in [3.8, 4) is 5.69 Å². The van der Waals surface area contributed by atoms with Gasteiger partial charge in [0, 0.05) is 0 Å². The Morgan fingerprint density at radius 1 is 1.26 bits per heavy atom. The fraction of sp³-hybridized carbons (Fsp3) is 0.154. The van der Waals surface area contributed by atoms with Gasteiger partial charge in [-0.1, -0.05) is 18.2 Å². The first-order chi connectivity index (χ1) is 11.0. The zero-order chi connectivity index (χ0) is 16.6. The molecule has 1 atom stereocenters. The molecule has 9 nitrogen and oxygen atoms in total. The van der Waals surface area contributed by atoms with Crippen LogP contribution in [0.4, 0.5) is 11.8 Å². The van der Waals surface area contributed by atoms with Crippen molar-refractivity contribution < 1.29 is 4.92 Å². The number of rotatable bonds is 4. The third kappa shape index (κ3) is 2.52. The second kappa shape index (κ2) is 5.72. The average Bonchev–Trinajstić information content (AvgIpc) is 3.10. The summed E-state index contributed by atoms with van der Waals surface area (Å²) < 4.78 is 3.00. The Bertz CT molecular complexity index is 859. The van der Waals surface area contributed by atoms with Crippen molar-refractivity contribution in [1.82, 2.24) is 24.3 Å². The average molecular weight is 331 g/mol. The van der Waals surface area contributed by atoms with E-state index in [-0.39, 0.29) is 11.8 Å². The monoisotopic (exact) mass is 331 g/mol. The van der Waals surface area contributed by atoms with Gasteiger partial charge in [-0.15, -0.1) is 10.2 Å². The predicted molar refractivity (Wildman–Crippen MR) is 86.5 cm³/mol. The van der Waals surface area contributed by atoms with Crippen LogP contribution < -0.4 is 5.73 Å². The Labute approximate surface area is 136 Å². The van der Waals surface area contributed by atoms with E-state index in [0.717, 1.165) is 5.69 Å². The minimum atomic E-state index is -0.626. The lowest BCUT2D eigenvalue weighted by molar-refractivity contribution is -0.391. The lowest BCUT2D eigenvalue weighted by Crippen LogP contribution is -2.11. The molecule has 0 aliphatic rings. The largest absolute Gasteiger partial charge is 0.368 e. The van der Waals surface area contributed by atoms with Gasteiger partial charge in [0.15, 0.2) is 5.82 Å². The molecule has 2 heterocycles. The summed E-state index contributed by atoms with van der Waals surface area (Å²) in [5.74, 6) is 0.886. The summed E-state index contributed by atoms with van der Waals surface area (Å²) in [6.45, 7) is 0. The highest BCUT2D eigenvalue weighted by molar-refractivity contribution is 7.80. The third-order valence-electron chi connectivity index (χ3n) is 3.40. The zero-order valence-electron chi connectivity index (χ0n) is 12.1. The normalized spacial score (nSPS) is 12.3. The first-order valence-corrected chi connectivity index (χ1v) is 7.12. The number of nitrogens with two attached hydrogens (primary N) is 1. The van der Waals surface area contributed by atoms with E-state index in [4.69, 9.17) is 5.73 Å². The zero-order valence-corrected chi connectivity index (χ0v) is 13.0. The molecule has 1 aromatic carbocycles. The van der Waals surface area contributed by atoms with Gasteiger partial charge < -0.3 is 15.8 Å². The number of thiol groups is 1. The first kappa shape index (κ1) is 15.0. The SMILES string of the molecule is Cn1c([N+](=O)[O-])cnc1C(S)c1nnc(N)n1-c1ccccc1. The molecule has 0 spiro atoms. The van der Waals surface area contributed by atoms with Crippen molar-refractivity contribution in [2.75, 3.05) is 5.73 Å². The van der Waals surface area contributed by atoms with Gasteiger partial charge in [0.05, 0.1) is 12.7 Å². The highest BCUT2D eigenvalue weighted by atomic mass is 32.1. The summed E-state index contributed by atoms with van der Waals surface area (Å²) in [4.78, 5) is 14.5. The van der Waals surface area contributed by atoms with Crippen LogP contribution in [0.25, 0.3) is 5.69 Å². The topological polar surface area (TPSA) is 118 Å². The molecule has 1 unspecified atom stereocenters. The van der Waals surface area contributed by atoms with Crippen LogP contribution in [-0.4, -0.2) is 29.2 Å². The third-order valence-corrected chi connectivity index (χ3v) is 3.87. The number of hydrogen-bond acceptors (Lipinski definition) is 7. The molecular formula is C13H13N7O2S. The van der Waals surface area contributed by atoms with Crippen molar-refractivity contribution in [2.24, 2.45) is 7.05 Å². The number of aromatic nitrogens is 5. The van der Waals surface area contributed by atoms with Crippen molar-refractivity contribution in [2.45, 2.75) is 5.25 Å².